The van der Waals surface area contributed by atoms with Crippen molar-refractivity contribution in [1.82, 2.24) is 16.0 Å². The summed E-state index contributed by atoms with van der Waals surface area (Å²) >= 11 is 0. The molecule has 0 aliphatic carbocycles. The second-order valence-corrected chi connectivity index (χ2v) is 12.6. The molecule has 0 radical (unpaired) electrons. The van der Waals surface area contributed by atoms with Gasteiger partial charge in [0.05, 0.1) is 12.6 Å². The van der Waals surface area contributed by atoms with E-state index in [2.05, 4.69) is 41.9 Å². The zero-order chi connectivity index (χ0) is 34.7. The van der Waals surface area contributed by atoms with Gasteiger partial charge in [0.2, 0.25) is 11.8 Å². The molecule has 0 aliphatic heterocycles. The van der Waals surface area contributed by atoms with Gasteiger partial charge in [-0.15, -0.1) is 0 Å². The van der Waals surface area contributed by atoms with E-state index in [1.165, 1.54) is 16.7 Å². The molecule has 3 amide bonds. The predicted octanol–water partition coefficient (Wildman–Crippen LogP) is 6.32. The van der Waals surface area contributed by atoms with Gasteiger partial charge >= 0.3 is 6.09 Å². The van der Waals surface area contributed by atoms with Crippen LogP contribution in [0, 0.1) is 0 Å². The van der Waals surface area contributed by atoms with Crippen molar-refractivity contribution in [1.29, 1.82) is 0 Å². The average Bonchev–Trinajstić information content (AvgIpc) is 3.03. The second-order valence-electron chi connectivity index (χ2n) is 12.6. The number of phenolic OH excluding ortho intramolecular Hbond substituents is 1. The average molecular weight is 653 g/mol. The number of carbonyl (C=O) groups is 3. The molecule has 6 N–H and O–H groups in total. The Morgan fingerprint density at radius 3 is 1.96 bits per heavy atom. The third-order valence-electron chi connectivity index (χ3n) is 7.50. The van der Waals surface area contributed by atoms with Crippen LogP contribution in [0.25, 0.3) is 11.1 Å². The van der Waals surface area contributed by atoms with Crippen LogP contribution in [0.15, 0.2) is 48.5 Å². The molecule has 260 valence electrons. The Hall–Kier alpha value is -4.05. The van der Waals surface area contributed by atoms with Gasteiger partial charge in [-0.25, -0.2) is 4.79 Å². The van der Waals surface area contributed by atoms with Gasteiger partial charge in [0.15, 0.2) is 0 Å². The molecule has 0 bridgehead atoms. The number of hydrogen-bond donors (Lipinski definition) is 5. The van der Waals surface area contributed by atoms with Crippen LogP contribution in [-0.4, -0.2) is 60.9 Å². The molecule has 47 heavy (non-hydrogen) atoms. The summed E-state index contributed by atoms with van der Waals surface area (Å²) in [7, 11) is 0. The number of alkyl carbamates (subject to hydrolysis) is 1. The lowest BCUT2D eigenvalue weighted by Crippen LogP contribution is -2.43. The molecule has 2 rings (SSSR count). The Balaban J connectivity index is 1.56. The molecule has 0 saturated heterocycles. The highest BCUT2D eigenvalue weighted by Gasteiger charge is 2.16. The Labute approximate surface area is 280 Å². The number of unbranched alkanes of at least 4 members (excludes halogenated alkanes) is 3. The number of aromatic hydroxyl groups is 1. The van der Waals surface area contributed by atoms with Gasteiger partial charge < -0.3 is 36.3 Å². The van der Waals surface area contributed by atoms with Crippen LogP contribution < -0.4 is 26.4 Å². The van der Waals surface area contributed by atoms with Crippen LogP contribution in [0.2, 0.25) is 0 Å². The molecular formula is C37H56N4O6. The molecular weight excluding hydrogens is 596 g/mol. The maximum absolute atomic E-state index is 12.2. The lowest BCUT2D eigenvalue weighted by molar-refractivity contribution is -0.123. The summed E-state index contributed by atoms with van der Waals surface area (Å²) in [5.74, 6) is 0.789. The molecule has 0 fully saturated rings. The molecule has 10 nitrogen and oxygen atoms in total. The molecule has 1 atom stereocenters. The molecule has 0 aliphatic rings. The number of ether oxygens (including phenoxy) is 2. The van der Waals surface area contributed by atoms with Crippen molar-refractivity contribution < 1.29 is 29.0 Å². The number of phenols is 1. The van der Waals surface area contributed by atoms with Gasteiger partial charge in [-0.2, -0.15) is 0 Å². The van der Waals surface area contributed by atoms with E-state index in [9.17, 15) is 19.5 Å². The Morgan fingerprint density at radius 1 is 0.766 bits per heavy atom. The number of nitrogens with one attached hydrogen (secondary N) is 3. The number of benzene rings is 2. The normalized spacial score (nSPS) is 12.5. The Morgan fingerprint density at radius 2 is 1.36 bits per heavy atom. The quantitative estimate of drug-likeness (QED) is 0.0830. The summed E-state index contributed by atoms with van der Waals surface area (Å²) in [6.45, 7) is 11.4. The Bertz CT molecular complexity index is 1270. The first-order valence-corrected chi connectivity index (χ1v) is 16.9. The number of amides is 3. The molecule has 0 heterocycles. The van der Waals surface area contributed by atoms with Gasteiger partial charge in [-0.3, -0.25) is 9.59 Å². The molecule has 0 saturated carbocycles. The minimum Gasteiger partial charge on any atom is -0.508 e. The largest absolute Gasteiger partial charge is 0.508 e. The van der Waals surface area contributed by atoms with E-state index in [1.807, 2.05) is 24.3 Å². The van der Waals surface area contributed by atoms with Gasteiger partial charge in [0.1, 0.15) is 17.1 Å². The number of rotatable bonds is 20. The SMILES string of the molecule is CC/C(=C(/CC)c1ccc(OCCCCCC(=O)NCCNC(=O)C(N)CCCCNC(=O)OC(C)(C)C)cc1)c1ccc(O)cc1. The minimum absolute atomic E-state index is 0.0453. The van der Waals surface area contributed by atoms with Crippen molar-refractivity contribution >= 4 is 29.1 Å². The van der Waals surface area contributed by atoms with E-state index in [-0.39, 0.29) is 17.6 Å². The zero-order valence-electron chi connectivity index (χ0n) is 29.0. The van der Waals surface area contributed by atoms with Crippen molar-refractivity contribution in [3.63, 3.8) is 0 Å². The maximum atomic E-state index is 12.2. The summed E-state index contributed by atoms with van der Waals surface area (Å²) in [4.78, 5) is 36.0. The van der Waals surface area contributed by atoms with Crippen molar-refractivity contribution in [2.75, 3.05) is 26.2 Å². The Kier molecular flexibility index (Phi) is 17.4. The van der Waals surface area contributed by atoms with Crippen molar-refractivity contribution in [2.24, 2.45) is 5.73 Å². The highest BCUT2D eigenvalue weighted by Crippen LogP contribution is 2.32. The van der Waals surface area contributed by atoms with E-state index in [0.29, 0.717) is 51.9 Å². The van der Waals surface area contributed by atoms with E-state index < -0.39 is 17.7 Å². The fraction of sp³-hybridized carbons (Fsp3) is 0.541. The third kappa shape index (κ3) is 15.9. The monoisotopic (exact) mass is 652 g/mol. The van der Waals surface area contributed by atoms with Gasteiger partial charge in [-0.05, 0) is 119 Å². The number of hydrogen-bond acceptors (Lipinski definition) is 7. The van der Waals surface area contributed by atoms with Crippen LogP contribution in [0.3, 0.4) is 0 Å². The number of carbonyl (C=O) groups excluding carboxylic acids is 3. The van der Waals surface area contributed by atoms with Gasteiger partial charge in [0.25, 0.3) is 0 Å². The fourth-order valence-corrected chi connectivity index (χ4v) is 5.08. The summed E-state index contributed by atoms with van der Waals surface area (Å²) in [5.41, 5.74) is 10.3. The van der Waals surface area contributed by atoms with E-state index in [1.54, 1.807) is 32.9 Å². The van der Waals surface area contributed by atoms with Crippen LogP contribution >= 0.6 is 0 Å². The minimum atomic E-state index is -0.636. The number of allylic oxidation sites excluding steroid dienone is 2. The third-order valence-corrected chi connectivity index (χ3v) is 7.50. The first-order valence-electron chi connectivity index (χ1n) is 16.9. The van der Waals surface area contributed by atoms with Crippen LogP contribution in [0.5, 0.6) is 11.5 Å². The summed E-state index contributed by atoms with van der Waals surface area (Å²) in [5, 5.41) is 17.9. The lowest BCUT2D eigenvalue weighted by Gasteiger charge is -2.19. The number of nitrogens with two attached hydrogens (primary N) is 1. The first kappa shape index (κ1) is 39.1. The molecule has 2 aromatic rings. The summed E-state index contributed by atoms with van der Waals surface area (Å²) in [6, 6.07) is 14.9. The first-order chi connectivity index (χ1) is 22.4. The van der Waals surface area contributed by atoms with Crippen molar-refractivity contribution in [3.05, 3.63) is 59.7 Å². The molecule has 2 aromatic carbocycles. The van der Waals surface area contributed by atoms with Crippen LogP contribution in [0.1, 0.15) is 104 Å². The van der Waals surface area contributed by atoms with Gasteiger partial charge in [-0.1, -0.05) is 38.1 Å². The molecule has 0 aromatic heterocycles. The standard InChI is InChI=1S/C37H56N4O6/c1-6-31(27-15-19-29(42)20-16-27)32(7-2)28-17-21-30(22-18-28)46-26-12-8-9-14-34(43)39-24-25-40-35(44)33(38)13-10-11-23-41-36(45)47-37(3,4)5/h15-22,33,42H,6-14,23-26,38H2,1-5H3,(H,39,43)(H,40,44)(H,41,45)/b32-31+. The van der Waals surface area contributed by atoms with E-state index >= 15 is 0 Å². The molecule has 10 heteroatoms. The fourth-order valence-electron chi connectivity index (χ4n) is 5.08. The summed E-state index contributed by atoms with van der Waals surface area (Å²) in [6.07, 6.45) is 6.14. The van der Waals surface area contributed by atoms with Crippen LogP contribution in [0.4, 0.5) is 4.79 Å². The molecule has 1 unspecified atom stereocenters. The smallest absolute Gasteiger partial charge is 0.407 e. The predicted molar refractivity (Wildman–Crippen MR) is 188 cm³/mol. The van der Waals surface area contributed by atoms with Crippen molar-refractivity contribution in [2.45, 2.75) is 104 Å². The summed E-state index contributed by atoms with van der Waals surface area (Å²) < 4.78 is 11.1. The van der Waals surface area contributed by atoms with Crippen molar-refractivity contribution in [3.8, 4) is 11.5 Å². The highest BCUT2D eigenvalue weighted by atomic mass is 16.6. The molecule has 0 spiro atoms. The highest BCUT2D eigenvalue weighted by molar-refractivity contribution is 5.90. The van der Waals surface area contributed by atoms with E-state index in [4.69, 9.17) is 15.2 Å². The zero-order valence-corrected chi connectivity index (χ0v) is 29.0. The topological polar surface area (TPSA) is 152 Å². The van der Waals surface area contributed by atoms with Crippen LogP contribution in [-0.2, 0) is 14.3 Å². The van der Waals surface area contributed by atoms with Gasteiger partial charge in [0, 0.05) is 26.1 Å². The van der Waals surface area contributed by atoms with E-state index in [0.717, 1.165) is 43.4 Å². The second kappa shape index (κ2) is 20.9. The maximum Gasteiger partial charge on any atom is 0.407 e. The lowest BCUT2D eigenvalue weighted by atomic mass is 9.91.